The van der Waals surface area contributed by atoms with Crippen molar-refractivity contribution in [2.45, 2.75) is 32.2 Å². The van der Waals surface area contributed by atoms with E-state index in [-0.39, 0.29) is 34.2 Å². The van der Waals surface area contributed by atoms with Gasteiger partial charge in [0.15, 0.2) is 0 Å². The summed E-state index contributed by atoms with van der Waals surface area (Å²) in [6.45, 7) is 3.85. The highest BCUT2D eigenvalue weighted by atomic mass is 35.5. The Bertz CT molecular complexity index is 1050. The standard InChI is InChI=1S/C20H18ClN3O4/c1-10-8-17(24(27)28)20-18(11(10)2)13-4-3-5-14(13)19(22-20)15-9-12(23(25)26)6-7-16(15)21/h3-4,6-9,13-14,19,22H,5H2,1-2H3/t13-,14+,19+/m1/s1. The van der Waals surface area contributed by atoms with Crippen LogP contribution in [-0.4, -0.2) is 9.85 Å². The first-order valence-electron chi connectivity index (χ1n) is 8.95. The quantitative estimate of drug-likeness (QED) is 0.411. The van der Waals surface area contributed by atoms with Crippen LogP contribution in [0.25, 0.3) is 0 Å². The summed E-state index contributed by atoms with van der Waals surface area (Å²) < 4.78 is 0. The number of rotatable bonds is 3. The summed E-state index contributed by atoms with van der Waals surface area (Å²) in [6, 6.07) is 5.56. The maximum atomic E-state index is 11.7. The van der Waals surface area contributed by atoms with Gasteiger partial charge in [-0.25, -0.2) is 0 Å². The van der Waals surface area contributed by atoms with Crippen LogP contribution in [0, 0.1) is 40.0 Å². The second kappa shape index (κ2) is 6.60. The maximum Gasteiger partial charge on any atom is 0.292 e. The highest BCUT2D eigenvalue weighted by Crippen LogP contribution is 2.54. The van der Waals surface area contributed by atoms with Crippen molar-refractivity contribution in [2.75, 3.05) is 5.32 Å². The lowest BCUT2D eigenvalue weighted by Gasteiger charge is -2.38. The largest absolute Gasteiger partial charge is 0.372 e. The molecule has 0 amide bonds. The molecular weight excluding hydrogens is 382 g/mol. The zero-order valence-electron chi connectivity index (χ0n) is 15.3. The summed E-state index contributed by atoms with van der Waals surface area (Å²) in [5.74, 6) is 0.0716. The maximum absolute atomic E-state index is 11.7. The molecule has 1 N–H and O–H groups in total. The van der Waals surface area contributed by atoms with E-state index in [0.717, 1.165) is 23.1 Å². The number of hydrogen-bond acceptors (Lipinski definition) is 5. The van der Waals surface area contributed by atoms with Gasteiger partial charge in [0, 0.05) is 34.7 Å². The van der Waals surface area contributed by atoms with Gasteiger partial charge in [-0.3, -0.25) is 20.2 Å². The fraction of sp³-hybridized carbons (Fsp3) is 0.300. The molecule has 0 saturated heterocycles. The van der Waals surface area contributed by atoms with Crippen LogP contribution >= 0.6 is 11.6 Å². The first kappa shape index (κ1) is 18.4. The highest BCUT2D eigenvalue weighted by molar-refractivity contribution is 6.31. The highest BCUT2D eigenvalue weighted by Gasteiger charge is 2.42. The third kappa shape index (κ3) is 2.74. The van der Waals surface area contributed by atoms with Crippen molar-refractivity contribution in [2.24, 2.45) is 5.92 Å². The molecular formula is C20H18ClN3O4. The second-order valence-corrected chi connectivity index (χ2v) is 7.73. The molecule has 1 aliphatic carbocycles. The molecule has 0 aromatic heterocycles. The van der Waals surface area contributed by atoms with Crippen LogP contribution in [0.3, 0.4) is 0 Å². The van der Waals surface area contributed by atoms with Gasteiger partial charge in [-0.1, -0.05) is 23.8 Å². The summed E-state index contributed by atoms with van der Waals surface area (Å²) in [5, 5.41) is 26.7. The lowest BCUT2D eigenvalue weighted by Crippen LogP contribution is -2.30. The number of hydrogen-bond donors (Lipinski definition) is 1. The van der Waals surface area contributed by atoms with Crippen molar-refractivity contribution in [1.29, 1.82) is 0 Å². The van der Waals surface area contributed by atoms with Crippen LogP contribution in [0.1, 0.15) is 40.6 Å². The lowest BCUT2D eigenvalue weighted by atomic mass is 9.74. The summed E-state index contributed by atoms with van der Waals surface area (Å²) in [7, 11) is 0. The summed E-state index contributed by atoms with van der Waals surface area (Å²) in [4.78, 5) is 22.1. The van der Waals surface area contributed by atoms with Crippen LogP contribution in [0.2, 0.25) is 5.02 Å². The summed E-state index contributed by atoms with van der Waals surface area (Å²) in [5.41, 5.74) is 3.87. The molecule has 0 saturated carbocycles. The molecule has 7 nitrogen and oxygen atoms in total. The predicted molar refractivity (Wildman–Crippen MR) is 107 cm³/mol. The van der Waals surface area contributed by atoms with Crippen molar-refractivity contribution < 1.29 is 9.85 Å². The number of halogens is 1. The Morgan fingerprint density at radius 2 is 1.89 bits per heavy atom. The first-order chi connectivity index (χ1) is 13.3. The van der Waals surface area contributed by atoms with Crippen molar-refractivity contribution >= 4 is 28.7 Å². The van der Waals surface area contributed by atoms with Crippen LogP contribution in [0.4, 0.5) is 17.1 Å². The average Bonchev–Trinajstić information content (AvgIpc) is 3.13. The Kier molecular flexibility index (Phi) is 4.34. The molecule has 1 aliphatic heterocycles. The number of nitrogens with one attached hydrogen (secondary N) is 1. The first-order valence-corrected chi connectivity index (χ1v) is 9.33. The molecule has 28 heavy (non-hydrogen) atoms. The van der Waals surface area contributed by atoms with E-state index in [0.29, 0.717) is 16.3 Å². The molecule has 0 bridgehead atoms. The SMILES string of the molecule is Cc1cc([N+](=O)[O-])c2c(c1C)[C@@H]1C=CC[C@@H]1[C@@H](c1cc([N+](=O)[O-])ccc1Cl)N2. The minimum atomic E-state index is -0.461. The average molecular weight is 400 g/mol. The van der Waals surface area contributed by atoms with E-state index >= 15 is 0 Å². The molecule has 2 aromatic carbocycles. The van der Waals surface area contributed by atoms with E-state index in [1.165, 1.54) is 18.2 Å². The van der Waals surface area contributed by atoms with Gasteiger partial charge in [0.05, 0.1) is 15.9 Å². The van der Waals surface area contributed by atoms with Gasteiger partial charge in [-0.2, -0.15) is 0 Å². The van der Waals surface area contributed by atoms with Crippen LogP contribution in [0.15, 0.2) is 36.4 Å². The molecule has 0 fully saturated rings. The Morgan fingerprint density at radius 1 is 1.14 bits per heavy atom. The fourth-order valence-corrected chi connectivity index (χ4v) is 4.65. The van der Waals surface area contributed by atoms with Crippen LogP contribution < -0.4 is 5.32 Å². The van der Waals surface area contributed by atoms with Gasteiger partial charge in [0.1, 0.15) is 5.69 Å². The Labute approximate surface area is 166 Å². The molecule has 144 valence electrons. The molecule has 2 aromatic rings. The van der Waals surface area contributed by atoms with Crippen LogP contribution in [0.5, 0.6) is 0 Å². The third-order valence-corrected chi connectivity index (χ3v) is 6.21. The molecule has 8 heteroatoms. The summed E-state index contributed by atoms with van der Waals surface area (Å²) in [6.07, 6.45) is 4.92. The molecule has 1 heterocycles. The number of benzene rings is 2. The number of fused-ring (bicyclic) bond motifs is 3. The zero-order valence-corrected chi connectivity index (χ0v) is 16.1. The van der Waals surface area contributed by atoms with Crippen molar-refractivity contribution in [3.63, 3.8) is 0 Å². The number of allylic oxidation sites excluding steroid dienone is 2. The zero-order chi connectivity index (χ0) is 20.2. The second-order valence-electron chi connectivity index (χ2n) is 7.32. The normalized spacial score (nSPS) is 22.3. The number of nitrogens with zero attached hydrogens (tertiary/aromatic N) is 2. The minimum absolute atomic E-state index is 0.00446. The van der Waals surface area contributed by atoms with E-state index < -0.39 is 4.92 Å². The van der Waals surface area contributed by atoms with Crippen molar-refractivity contribution in [3.05, 3.63) is 83.9 Å². The van der Waals surface area contributed by atoms with Gasteiger partial charge in [-0.15, -0.1) is 0 Å². The lowest BCUT2D eigenvalue weighted by molar-refractivity contribution is -0.384. The molecule has 0 radical (unpaired) electrons. The molecule has 4 rings (SSSR count). The molecule has 0 spiro atoms. The molecule has 2 aliphatic rings. The molecule has 0 unspecified atom stereocenters. The number of non-ortho nitro benzene ring substituents is 1. The van der Waals surface area contributed by atoms with Gasteiger partial charge in [0.25, 0.3) is 11.4 Å². The smallest absolute Gasteiger partial charge is 0.292 e. The number of aryl methyl sites for hydroxylation is 1. The Morgan fingerprint density at radius 3 is 2.57 bits per heavy atom. The fourth-order valence-electron chi connectivity index (χ4n) is 4.42. The number of nitro groups is 2. The van der Waals surface area contributed by atoms with Crippen molar-refractivity contribution in [3.8, 4) is 0 Å². The monoisotopic (exact) mass is 399 g/mol. The van der Waals surface area contributed by atoms with Gasteiger partial charge < -0.3 is 5.32 Å². The van der Waals surface area contributed by atoms with E-state index in [2.05, 4.69) is 17.5 Å². The van der Waals surface area contributed by atoms with Gasteiger partial charge >= 0.3 is 0 Å². The van der Waals surface area contributed by atoms with E-state index in [1.54, 1.807) is 6.07 Å². The number of nitro benzene ring substituents is 2. The van der Waals surface area contributed by atoms with E-state index in [9.17, 15) is 20.2 Å². The predicted octanol–water partition coefficient (Wildman–Crippen LogP) is 5.60. The minimum Gasteiger partial charge on any atom is -0.372 e. The van der Waals surface area contributed by atoms with Gasteiger partial charge in [0.2, 0.25) is 0 Å². The van der Waals surface area contributed by atoms with Crippen LogP contribution in [-0.2, 0) is 0 Å². The van der Waals surface area contributed by atoms with Crippen molar-refractivity contribution in [1.82, 2.24) is 0 Å². The summed E-state index contributed by atoms with van der Waals surface area (Å²) >= 11 is 6.39. The Hall–Kier alpha value is -2.93. The van der Waals surface area contributed by atoms with Gasteiger partial charge in [-0.05, 0) is 48.9 Å². The molecule has 3 atom stereocenters. The number of anilines is 1. The Balaban J connectivity index is 1.92. The van der Waals surface area contributed by atoms with E-state index in [1.807, 2.05) is 13.8 Å². The topological polar surface area (TPSA) is 98.3 Å². The van der Waals surface area contributed by atoms with E-state index in [4.69, 9.17) is 11.6 Å². The third-order valence-electron chi connectivity index (χ3n) is 5.87.